The molecule has 0 spiro atoms. The maximum atomic E-state index is 13.0. The first-order chi connectivity index (χ1) is 11.6. The number of carbonyl (C=O) groups is 1. The summed E-state index contributed by atoms with van der Waals surface area (Å²) in [5.41, 5.74) is 1.47. The van der Waals surface area contributed by atoms with Crippen molar-refractivity contribution in [1.29, 1.82) is 0 Å². The Morgan fingerprint density at radius 3 is 2.33 bits per heavy atom. The molecule has 1 amide bonds. The second kappa shape index (κ2) is 5.35. The SMILES string of the molecule is O=C1c2cccn2S(=O)(=O)c2ccccc2N1Cc1ccccc1. The fourth-order valence-corrected chi connectivity index (χ4v) is 4.45. The van der Waals surface area contributed by atoms with Crippen molar-refractivity contribution in [3.05, 3.63) is 84.2 Å². The third-order valence-electron chi connectivity index (χ3n) is 4.05. The fourth-order valence-electron chi connectivity index (χ4n) is 2.92. The predicted molar refractivity (Wildman–Crippen MR) is 90.4 cm³/mol. The normalized spacial score (nSPS) is 15.5. The standard InChI is InChI=1S/C18H14N2O3S/c21-18-16-10-6-12-20(16)24(22,23)17-11-5-4-9-15(17)19(18)13-14-7-2-1-3-8-14/h1-12H,13H2. The Balaban J connectivity index is 1.95. The molecular formula is C18H14N2O3S. The molecule has 5 nitrogen and oxygen atoms in total. The molecule has 2 aromatic carbocycles. The number of benzene rings is 2. The van der Waals surface area contributed by atoms with Gasteiger partial charge in [0.05, 0.1) is 12.2 Å². The van der Waals surface area contributed by atoms with Crippen molar-refractivity contribution in [3.8, 4) is 0 Å². The maximum absolute atomic E-state index is 13.0. The van der Waals surface area contributed by atoms with E-state index in [1.165, 1.54) is 23.2 Å². The van der Waals surface area contributed by atoms with Gasteiger partial charge < -0.3 is 4.90 Å². The zero-order valence-corrected chi connectivity index (χ0v) is 13.5. The molecule has 1 aliphatic rings. The third-order valence-corrected chi connectivity index (χ3v) is 5.79. The van der Waals surface area contributed by atoms with Crippen molar-refractivity contribution in [2.75, 3.05) is 4.90 Å². The van der Waals surface area contributed by atoms with Crippen LogP contribution < -0.4 is 4.90 Å². The van der Waals surface area contributed by atoms with Gasteiger partial charge in [0.1, 0.15) is 10.6 Å². The summed E-state index contributed by atoms with van der Waals surface area (Å²) in [5.74, 6) is -0.336. The van der Waals surface area contributed by atoms with Crippen LogP contribution in [0.15, 0.2) is 77.8 Å². The van der Waals surface area contributed by atoms with Crippen LogP contribution in [0, 0.1) is 0 Å². The van der Waals surface area contributed by atoms with E-state index < -0.39 is 10.0 Å². The molecule has 0 fully saturated rings. The monoisotopic (exact) mass is 338 g/mol. The van der Waals surface area contributed by atoms with Gasteiger partial charge in [0.15, 0.2) is 0 Å². The van der Waals surface area contributed by atoms with Gasteiger partial charge in [0, 0.05) is 6.20 Å². The average molecular weight is 338 g/mol. The summed E-state index contributed by atoms with van der Waals surface area (Å²) in [6.45, 7) is 0.303. The number of nitrogens with zero attached hydrogens (tertiary/aromatic N) is 2. The van der Waals surface area contributed by atoms with Crippen LogP contribution in [0.1, 0.15) is 16.1 Å². The van der Waals surface area contributed by atoms with E-state index in [-0.39, 0.29) is 16.5 Å². The van der Waals surface area contributed by atoms with Crippen molar-refractivity contribution in [2.45, 2.75) is 11.4 Å². The van der Waals surface area contributed by atoms with Crippen molar-refractivity contribution in [1.82, 2.24) is 3.97 Å². The summed E-state index contributed by atoms with van der Waals surface area (Å²) in [5, 5.41) is 0. The Kier molecular flexibility index (Phi) is 3.28. The lowest BCUT2D eigenvalue weighted by atomic mass is 10.2. The van der Waals surface area contributed by atoms with E-state index in [1.807, 2.05) is 30.3 Å². The number of aromatic nitrogens is 1. The highest BCUT2D eigenvalue weighted by Gasteiger charge is 2.34. The van der Waals surface area contributed by atoms with E-state index in [0.717, 1.165) is 9.54 Å². The number of amides is 1. The number of para-hydroxylation sites is 1. The van der Waals surface area contributed by atoms with Gasteiger partial charge in [-0.15, -0.1) is 0 Å². The van der Waals surface area contributed by atoms with E-state index in [4.69, 9.17) is 0 Å². The van der Waals surface area contributed by atoms with E-state index in [2.05, 4.69) is 0 Å². The molecule has 1 aromatic heterocycles. The highest BCUT2D eigenvalue weighted by molar-refractivity contribution is 7.90. The molecule has 2 heterocycles. The Hall–Kier alpha value is -2.86. The minimum atomic E-state index is -3.80. The van der Waals surface area contributed by atoms with Gasteiger partial charge in [-0.25, -0.2) is 12.4 Å². The first-order valence-corrected chi connectivity index (χ1v) is 8.91. The molecule has 3 aromatic rings. The number of carbonyl (C=O) groups excluding carboxylic acids is 1. The van der Waals surface area contributed by atoms with Gasteiger partial charge in [0.2, 0.25) is 0 Å². The second-order valence-electron chi connectivity index (χ2n) is 5.54. The molecule has 0 saturated carbocycles. The van der Waals surface area contributed by atoms with Gasteiger partial charge in [0.25, 0.3) is 15.9 Å². The molecule has 1 aliphatic heterocycles. The van der Waals surface area contributed by atoms with E-state index in [1.54, 1.807) is 24.3 Å². The van der Waals surface area contributed by atoms with Crippen LogP contribution >= 0.6 is 0 Å². The summed E-state index contributed by atoms with van der Waals surface area (Å²) in [6.07, 6.45) is 1.41. The topological polar surface area (TPSA) is 59.4 Å². The van der Waals surface area contributed by atoms with Gasteiger partial charge in [-0.3, -0.25) is 4.79 Å². The second-order valence-corrected chi connectivity index (χ2v) is 7.32. The van der Waals surface area contributed by atoms with Crippen molar-refractivity contribution in [3.63, 3.8) is 0 Å². The van der Waals surface area contributed by atoms with Crippen LogP contribution in [0.25, 0.3) is 0 Å². The van der Waals surface area contributed by atoms with Crippen LogP contribution in [0.3, 0.4) is 0 Å². The van der Waals surface area contributed by atoms with E-state index in [9.17, 15) is 13.2 Å². The summed E-state index contributed by atoms with van der Waals surface area (Å²) in [7, 11) is -3.80. The molecule has 0 saturated heterocycles. The number of rotatable bonds is 2. The highest BCUT2D eigenvalue weighted by Crippen LogP contribution is 2.33. The number of hydrogen-bond donors (Lipinski definition) is 0. The van der Waals surface area contributed by atoms with Crippen LogP contribution in [-0.2, 0) is 16.6 Å². The van der Waals surface area contributed by atoms with Crippen molar-refractivity contribution in [2.24, 2.45) is 0 Å². The van der Waals surface area contributed by atoms with E-state index >= 15 is 0 Å². The maximum Gasteiger partial charge on any atom is 0.276 e. The fraction of sp³-hybridized carbons (Fsp3) is 0.0556. The molecule has 120 valence electrons. The highest BCUT2D eigenvalue weighted by atomic mass is 32.2. The molecule has 0 N–H and O–H groups in total. The molecule has 4 rings (SSSR count). The summed E-state index contributed by atoms with van der Waals surface area (Å²) in [6, 6.07) is 19.2. The van der Waals surface area contributed by atoms with E-state index in [0.29, 0.717) is 12.2 Å². The number of anilines is 1. The average Bonchev–Trinajstić information content (AvgIpc) is 3.08. The molecule has 0 bridgehead atoms. The molecule has 0 atom stereocenters. The van der Waals surface area contributed by atoms with Gasteiger partial charge in [-0.05, 0) is 29.8 Å². The molecular weight excluding hydrogens is 324 g/mol. The van der Waals surface area contributed by atoms with Crippen LogP contribution in [-0.4, -0.2) is 18.3 Å². The number of hydrogen-bond acceptors (Lipinski definition) is 3. The summed E-state index contributed by atoms with van der Waals surface area (Å²) >= 11 is 0. The minimum Gasteiger partial charge on any atom is -0.301 e. The molecule has 24 heavy (non-hydrogen) atoms. The first-order valence-electron chi connectivity index (χ1n) is 7.47. The largest absolute Gasteiger partial charge is 0.301 e. The van der Waals surface area contributed by atoms with Crippen LogP contribution in [0.2, 0.25) is 0 Å². The Labute approximate surface area is 139 Å². The molecule has 6 heteroatoms. The van der Waals surface area contributed by atoms with Gasteiger partial charge in [-0.1, -0.05) is 42.5 Å². The molecule has 0 unspecified atom stereocenters. The van der Waals surface area contributed by atoms with Gasteiger partial charge in [-0.2, -0.15) is 0 Å². The summed E-state index contributed by atoms with van der Waals surface area (Å²) < 4.78 is 26.9. The zero-order valence-electron chi connectivity index (χ0n) is 12.7. The summed E-state index contributed by atoms with van der Waals surface area (Å²) in [4.78, 5) is 14.6. The minimum absolute atomic E-state index is 0.129. The molecule has 0 aliphatic carbocycles. The lowest BCUT2D eigenvalue weighted by Gasteiger charge is -2.22. The lowest BCUT2D eigenvalue weighted by molar-refractivity contribution is 0.0980. The van der Waals surface area contributed by atoms with Crippen molar-refractivity contribution < 1.29 is 13.2 Å². The Morgan fingerprint density at radius 1 is 0.833 bits per heavy atom. The predicted octanol–water partition coefficient (Wildman–Crippen LogP) is 2.89. The quantitative estimate of drug-likeness (QED) is 0.722. The first kappa shape index (κ1) is 14.7. The van der Waals surface area contributed by atoms with Crippen molar-refractivity contribution >= 4 is 21.6 Å². The number of fused-ring (bicyclic) bond motifs is 2. The zero-order chi connectivity index (χ0) is 16.7. The van der Waals surface area contributed by atoms with Crippen LogP contribution in [0.4, 0.5) is 5.69 Å². The smallest absolute Gasteiger partial charge is 0.276 e. The van der Waals surface area contributed by atoms with Crippen LogP contribution in [0.5, 0.6) is 0 Å². The lowest BCUT2D eigenvalue weighted by Crippen LogP contribution is -2.30. The Bertz CT molecular complexity index is 1020. The van der Waals surface area contributed by atoms with Gasteiger partial charge >= 0.3 is 0 Å². The molecule has 0 radical (unpaired) electrons. The third kappa shape index (κ3) is 2.15. The Morgan fingerprint density at radius 2 is 1.54 bits per heavy atom.